The zero-order valence-corrected chi connectivity index (χ0v) is 11.4. The molecule has 0 aliphatic rings. The highest BCUT2D eigenvalue weighted by atomic mass is 32.1. The first-order chi connectivity index (χ1) is 9.31. The Bertz CT molecular complexity index is 837. The minimum absolute atomic E-state index is 0.821. The number of aromatic nitrogens is 3. The first-order valence-electron chi connectivity index (χ1n) is 6.27. The van der Waals surface area contributed by atoms with Crippen LogP contribution in [0.4, 0.5) is 0 Å². The molecule has 0 aliphatic heterocycles. The highest BCUT2D eigenvalue weighted by Crippen LogP contribution is 2.21. The normalized spacial score (nSPS) is 11.6. The third-order valence-corrected chi connectivity index (χ3v) is 4.28. The van der Waals surface area contributed by atoms with E-state index in [2.05, 4.69) is 69.1 Å². The van der Waals surface area contributed by atoms with Crippen LogP contribution >= 0.6 is 11.3 Å². The predicted molar refractivity (Wildman–Crippen MR) is 78.8 cm³/mol. The third-order valence-electron chi connectivity index (χ3n) is 3.51. The minimum Gasteiger partial charge on any atom is -0.341 e. The Morgan fingerprint density at radius 3 is 3.05 bits per heavy atom. The summed E-state index contributed by atoms with van der Waals surface area (Å²) in [7, 11) is 0. The molecule has 0 fully saturated rings. The van der Waals surface area contributed by atoms with Crippen molar-refractivity contribution in [1.82, 2.24) is 14.0 Å². The van der Waals surface area contributed by atoms with Crippen molar-refractivity contribution in [2.75, 3.05) is 0 Å². The molecule has 0 amide bonds. The molecular formula is C15H13N3S. The first kappa shape index (κ1) is 10.8. The second-order valence-corrected chi connectivity index (χ2v) is 5.65. The number of nitrogens with zero attached hydrogens (tertiary/aromatic N) is 3. The van der Waals surface area contributed by atoms with Crippen LogP contribution in [0.2, 0.25) is 0 Å². The zero-order valence-electron chi connectivity index (χ0n) is 10.6. The lowest BCUT2D eigenvalue weighted by molar-refractivity contribution is 0.815. The number of imidazole rings is 1. The van der Waals surface area contributed by atoms with Crippen molar-refractivity contribution in [1.29, 1.82) is 0 Å². The van der Waals surface area contributed by atoms with Gasteiger partial charge in [0.1, 0.15) is 0 Å². The molecule has 3 aromatic heterocycles. The van der Waals surface area contributed by atoms with Crippen LogP contribution < -0.4 is 0 Å². The molecule has 0 unspecified atom stereocenters. The Labute approximate surface area is 114 Å². The van der Waals surface area contributed by atoms with E-state index in [9.17, 15) is 0 Å². The summed E-state index contributed by atoms with van der Waals surface area (Å²) < 4.78 is 4.34. The fourth-order valence-electron chi connectivity index (χ4n) is 2.54. The average Bonchev–Trinajstić information content (AvgIpc) is 3.05. The SMILES string of the molecule is Cc1cccc2c1ccn2Cc1cn2ccsc2n1. The van der Waals surface area contributed by atoms with Crippen molar-refractivity contribution in [3.8, 4) is 0 Å². The van der Waals surface area contributed by atoms with Gasteiger partial charge in [-0.15, -0.1) is 11.3 Å². The van der Waals surface area contributed by atoms with E-state index in [1.54, 1.807) is 11.3 Å². The lowest BCUT2D eigenvalue weighted by Gasteiger charge is -2.03. The topological polar surface area (TPSA) is 22.2 Å². The van der Waals surface area contributed by atoms with Gasteiger partial charge in [-0.25, -0.2) is 4.98 Å². The molecule has 19 heavy (non-hydrogen) atoms. The molecule has 0 bridgehead atoms. The molecule has 0 spiro atoms. The van der Waals surface area contributed by atoms with Crippen LogP contribution in [0.15, 0.2) is 48.2 Å². The molecule has 0 N–H and O–H groups in total. The predicted octanol–water partition coefficient (Wildman–Crippen LogP) is 3.71. The lowest BCUT2D eigenvalue weighted by atomic mass is 10.1. The van der Waals surface area contributed by atoms with Crippen LogP contribution in [-0.4, -0.2) is 14.0 Å². The summed E-state index contributed by atoms with van der Waals surface area (Å²) in [6.07, 6.45) is 6.30. The molecule has 0 saturated carbocycles. The van der Waals surface area contributed by atoms with Crippen molar-refractivity contribution in [3.05, 3.63) is 59.5 Å². The van der Waals surface area contributed by atoms with E-state index < -0.39 is 0 Å². The van der Waals surface area contributed by atoms with Crippen LogP contribution in [0.3, 0.4) is 0 Å². The van der Waals surface area contributed by atoms with Gasteiger partial charge in [-0.2, -0.15) is 0 Å². The number of fused-ring (bicyclic) bond motifs is 2. The Morgan fingerprint density at radius 1 is 1.21 bits per heavy atom. The molecule has 4 heteroatoms. The molecule has 1 aromatic carbocycles. The maximum absolute atomic E-state index is 4.64. The Balaban J connectivity index is 1.78. The van der Waals surface area contributed by atoms with E-state index in [1.165, 1.54) is 16.5 Å². The van der Waals surface area contributed by atoms with Crippen LogP contribution in [-0.2, 0) is 6.54 Å². The lowest BCUT2D eigenvalue weighted by Crippen LogP contribution is -1.97. The van der Waals surface area contributed by atoms with Crippen molar-refractivity contribution in [2.45, 2.75) is 13.5 Å². The number of hydrogen-bond acceptors (Lipinski definition) is 2. The van der Waals surface area contributed by atoms with Gasteiger partial charge in [-0.1, -0.05) is 12.1 Å². The van der Waals surface area contributed by atoms with Gasteiger partial charge < -0.3 is 4.57 Å². The maximum Gasteiger partial charge on any atom is 0.193 e. The summed E-state index contributed by atoms with van der Waals surface area (Å²) in [4.78, 5) is 5.70. The van der Waals surface area contributed by atoms with Crippen molar-refractivity contribution in [3.63, 3.8) is 0 Å². The van der Waals surface area contributed by atoms with Gasteiger partial charge >= 0.3 is 0 Å². The minimum atomic E-state index is 0.821. The molecule has 94 valence electrons. The smallest absolute Gasteiger partial charge is 0.193 e. The second-order valence-electron chi connectivity index (χ2n) is 4.78. The fraction of sp³-hybridized carbons (Fsp3) is 0.133. The number of thiazole rings is 1. The van der Waals surface area contributed by atoms with Gasteiger partial charge in [-0.3, -0.25) is 4.40 Å². The monoisotopic (exact) mass is 267 g/mol. The summed E-state index contributed by atoms with van der Waals surface area (Å²) in [5.74, 6) is 0. The highest BCUT2D eigenvalue weighted by Gasteiger charge is 2.06. The standard InChI is InChI=1S/C15H13N3S/c1-11-3-2-4-14-13(11)5-6-17(14)9-12-10-18-7-8-19-15(18)16-12/h2-8,10H,9H2,1H3. The van der Waals surface area contributed by atoms with Gasteiger partial charge in [0.05, 0.1) is 12.2 Å². The van der Waals surface area contributed by atoms with Crippen LogP contribution in [0.25, 0.3) is 15.9 Å². The molecule has 0 atom stereocenters. The molecule has 0 radical (unpaired) electrons. The van der Waals surface area contributed by atoms with Crippen molar-refractivity contribution >= 4 is 27.2 Å². The maximum atomic E-state index is 4.64. The summed E-state index contributed by atoms with van der Waals surface area (Å²) in [5.41, 5.74) is 3.70. The van der Waals surface area contributed by atoms with Crippen molar-refractivity contribution < 1.29 is 0 Å². The highest BCUT2D eigenvalue weighted by molar-refractivity contribution is 7.15. The second kappa shape index (κ2) is 3.96. The van der Waals surface area contributed by atoms with Gasteiger partial charge in [0.2, 0.25) is 0 Å². The first-order valence-corrected chi connectivity index (χ1v) is 7.15. The van der Waals surface area contributed by atoms with Gasteiger partial charge in [0.25, 0.3) is 0 Å². The molecule has 4 rings (SSSR count). The molecule has 3 nitrogen and oxygen atoms in total. The van der Waals surface area contributed by atoms with E-state index in [0.29, 0.717) is 0 Å². The van der Waals surface area contributed by atoms with Crippen LogP contribution in [0, 0.1) is 6.92 Å². The largest absolute Gasteiger partial charge is 0.341 e. The quantitative estimate of drug-likeness (QED) is 0.543. The Hall–Kier alpha value is -2.07. The summed E-state index contributed by atoms with van der Waals surface area (Å²) in [6.45, 7) is 2.97. The summed E-state index contributed by atoms with van der Waals surface area (Å²) in [6, 6.07) is 8.61. The third kappa shape index (κ3) is 1.68. The zero-order chi connectivity index (χ0) is 12.8. The van der Waals surface area contributed by atoms with E-state index >= 15 is 0 Å². The average molecular weight is 267 g/mol. The van der Waals surface area contributed by atoms with Gasteiger partial charge in [0.15, 0.2) is 4.96 Å². The Kier molecular flexibility index (Phi) is 2.26. The van der Waals surface area contributed by atoms with Gasteiger partial charge in [0, 0.05) is 34.9 Å². The number of hydrogen-bond donors (Lipinski definition) is 0. The fourth-order valence-corrected chi connectivity index (χ4v) is 3.26. The van der Waals surface area contributed by atoms with E-state index in [-0.39, 0.29) is 0 Å². The van der Waals surface area contributed by atoms with E-state index in [0.717, 1.165) is 17.2 Å². The molecular weight excluding hydrogens is 254 g/mol. The van der Waals surface area contributed by atoms with Gasteiger partial charge in [-0.05, 0) is 24.6 Å². The molecule has 0 aliphatic carbocycles. The summed E-state index contributed by atoms with van der Waals surface area (Å²) in [5, 5.41) is 3.38. The molecule has 0 saturated heterocycles. The number of rotatable bonds is 2. The Morgan fingerprint density at radius 2 is 2.16 bits per heavy atom. The number of aryl methyl sites for hydroxylation is 1. The molecule has 4 aromatic rings. The van der Waals surface area contributed by atoms with Crippen LogP contribution in [0.1, 0.15) is 11.3 Å². The number of benzene rings is 1. The van der Waals surface area contributed by atoms with Crippen LogP contribution in [0.5, 0.6) is 0 Å². The van der Waals surface area contributed by atoms with E-state index in [4.69, 9.17) is 0 Å². The van der Waals surface area contributed by atoms with E-state index in [1.807, 2.05) is 0 Å². The van der Waals surface area contributed by atoms with Crippen molar-refractivity contribution in [2.24, 2.45) is 0 Å². The molecule has 3 heterocycles. The summed E-state index contributed by atoms with van der Waals surface area (Å²) >= 11 is 1.67.